The van der Waals surface area contributed by atoms with Gasteiger partial charge in [0.1, 0.15) is 11.3 Å². The Hall–Kier alpha value is -3.41. The Balaban J connectivity index is 1.53. The zero-order valence-electron chi connectivity index (χ0n) is 13.9. The van der Waals surface area contributed by atoms with Crippen LogP contribution in [0, 0.1) is 5.82 Å². The van der Waals surface area contributed by atoms with Crippen molar-refractivity contribution in [1.82, 2.24) is 15.0 Å². The molecule has 0 atom stereocenters. The highest BCUT2D eigenvalue weighted by Crippen LogP contribution is 2.05. The van der Waals surface area contributed by atoms with Crippen molar-refractivity contribution in [3.8, 4) is 0 Å². The van der Waals surface area contributed by atoms with Crippen molar-refractivity contribution < 1.29 is 8.96 Å². The molecule has 2 heterocycles. The van der Waals surface area contributed by atoms with Gasteiger partial charge in [0.15, 0.2) is 18.9 Å². The SMILES string of the molecule is O=c1c2ccccc2nnn1Cc1cc[n+](Cc2ccc(F)cc2)cc1. The van der Waals surface area contributed by atoms with E-state index in [4.69, 9.17) is 0 Å². The molecule has 0 aliphatic heterocycles. The molecule has 6 heteroatoms. The Labute approximate surface area is 149 Å². The van der Waals surface area contributed by atoms with E-state index in [2.05, 4.69) is 10.3 Å². The second kappa shape index (κ2) is 6.84. The molecular formula is C20H16FN4O+. The van der Waals surface area contributed by atoms with Gasteiger partial charge < -0.3 is 0 Å². The minimum absolute atomic E-state index is 0.154. The number of hydrogen-bond acceptors (Lipinski definition) is 3. The first-order valence-corrected chi connectivity index (χ1v) is 8.24. The zero-order valence-corrected chi connectivity index (χ0v) is 13.9. The highest BCUT2D eigenvalue weighted by atomic mass is 19.1. The van der Waals surface area contributed by atoms with Crippen molar-refractivity contribution in [2.45, 2.75) is 13.1 Å². The average Bonchev–Trinajstić information content (AvgIpc) is 2.67. The smallest absolute Gasteiger partial charge is 0.267 e. The van der Waals surface area contributed by atoms with Crippen LogP contribution in [0.15, 0.2) is 77.9 Å². The fourth-order valence-electron chi connectivity index (χ4n) is 2.80. The van der Waals surface area contributed by atoms with Crippen LogP contribution in [0.4, 0.5) is 4.39 Å². The predicted molar refractivity (Wildman–Crippen MR) is 95.0 cm³/mol. The monoisotopic (exact) mass is 347 g/mol. The zero-order chi connectivity index (χ0) is 17.9. The second-order valence-electron chi connectivity index (χ2n) is 6.07. The Kier molecular flexibility index (Phi) is 4.23. The number of pyridine rings is 1. The van der Waals surface area contributed by atoms with Crippen LogP contribution >= 0.6 is 0 Å². The molecule has 0 saturated carbocycles. The minimum Gasteiger partial charge on any atom is -0.267 e. The van der Waals surface area contributed by atoms with Gasteiger partial charge in [0.05, 0.1) is 11.9 Å². The molecule has 0 fully saturated rings. The summed E-state index contributed by atoms with van der Waals surface area (Å²) in [6.45, 7) is 1.00. The maximum absolute atomic E-state index is 13.0. The number of halogens is 1. The lowest BCUT2D eigenvalue weighted by Gasteiger charge is -2.05. The molecule has 0 bridgehead atoms. The van der Waals surface area contributed by atoms with Crippen molar-refractivity contribution in [3.05, 3.63) is 100 Å². The molecular weight excluding hydrogens is 331 g/mol. The van der Waals surface area contributed by atoms with Crippen molar-refractivity contribution in [1.29, 1.82) is 0 Å². The lowest BCUT2D eigenvalue weighted by atomic mass is 10.2. The highest BCUT2D eigenvalue weighted by Gasteiger charge is 2.08. The normalized spacial score (nSPS) is 11.0. The van der Waals surface area contributed by atoms with Gasteiger partial charge in [0.2, 0.25) is 0 Å². The topological polar surface area (TPSA) is 51.7 Å². The van der Waals surface area contributed by atoms with E-state index in [-0.39, 0.29) is 11.4 Å². The first kappa shape index (κ1) is 16.1. The summed E-state index contributed by atoms with van der Waals surface area (Å²) in [5.41, 5.74) is 2.41. The van der Waals surface area contributed by atoms with Crippen LogP contribution in [-0.4, -0.2) is 15.0 Å². The van der Waals surface area contributed by atoms with E-state index in [1.165, 1.54) is 16.8 Å². The number of fused-ring (bicyclic) bond motifs is 1. The summed E-state index contributed by atoms with van der Waals surface area (Å²) in [6.07, 6.45) is 3.86. The van der Waals surface area contributed by atoms with Gasteiger partial charge in [-0.25, -0.2) is 13.6 Å². The van der Waals surface area contributed by atoms with Gasteiger partial charge in [-0.1, -0.05) is 17.3 Å². The highest BCUT2D eigenvalue weighted by molar-refractivity contribution is 5.76. The number of aromatic nitrogens is 4. The third-order valence-corrected chi connectivity index (χ3v) is 4.20. The number of hydrogen-bond donors (Lipinski definition) is 0. The summed E-state index contributed by atoms with van der Waals surface area (Å²) in [7, 11) is 0. The summed E-state index contributed by atoms with van der Waals surface area (Å²) in [6, 6.07) is 17.5. The summed E-state index contributed by atoms with van der Waals surface area (Å²) in [5.74, 6) is -0.240. The minimum atomic E-state index is -0.240. The quantitative estimate of drug-likeness (QED) is 0.533. The first-order chi connectivity index (χ1) is 12.7. The van der Waals surface area contributed by atoms with Crippen LogP contribution in [-0.2, 0) is 13.1 Å². The van der Waals surface area contributed by atoms with Gasteiger partial charge in [0.25, 0.3) is 5.56 Å². The fourth-order valence-corrected chi connectivity index (χ4v) is 2.80. The lowest BCUT2D eigenvalue weighted by molar-refractivity contribution is -0.688. The lowest BCUT2D eigenvalue weighted by Crippen LogP contribution is -2.33. The molecule has 2 aromatic carbocycles. The molecule has 0 amide bonds. The Morgan fingerprint density at radius 1 is 0.923 bits per heavy atom. The molecule has 2 aromatic heterocycles. The maximum atomic E-state index is 13.0. The van der Waals surface area contributed by atoms with E-state index < -0.39 is 0 Å². The van der Waals surface area contributed by atoms with E-state index in [0.717, 1.165) is 11.1 Å². The average molecular weight is 347 g/mol. The third kappa shape index (κ3) is 3.35. The van der Waals surface area contributed by atoms with Gasteiger partial charge >= 0.3 is 0 Å². The molecule has 4 rings (SSSR count). The number of benzene rings is 2. The second-order valence-corrected chi connectivity index (χ2v) is 6.07. The molecule has 0 N–H and O–H groups in total. The van der Waals surface area contributed by atoms with Gasteiger partial charge in [-0.3, -0.25) is 4.79 Å². The molecule has 128 valence electrons. The molecule has 0 aliphatic rings. The molecule has 0 aliphatic carbocycles. The van der Waals surface area contributed by atoms with Crippen LogP contribution in [0.3, 0.4) is 0 Å². The van der Waals surface area contributed by atoms with E-state index in [1.54, 1.807) is 24.3 Å². The molecule has 26 heavy (non-hydrogen) atoms. The summed E-state index contributed by atoms with van der Waals surface area (Å²) >= 11 is 0. The maximum Gasteiger partial charge on any atom is 0.277 e. The Morgan fingerprint density at radius 2 is 1.65 bits per heavy atom. The van der Waals surface area contributed by atoms with Crippen LogP contribution < -0.4 is 10.1 Å². The van der Waals surface area contributed by atoms with E-state index in [0.29, 0.717) is 24.0 Å². The predicted octanol–water partition coefficient (Wildman–Crippen LogP) is 2.31. The molecule has 5 nitrogen and oxygen atoms in total. The van der Waals surface area contributed by atoms with Gasteiger partial charge in [0, 0.05) is 17.7 Å². The van der Waals surface area contributed by atoms with Crippen molar-refractivity contribution in [3.63, 3.8) is 0 Å². The third-order valence-electron chi connectivity index (χ3n) is 4.20. The van der Waals surface area contributed by atoms with Crippen molar-refractivity contribution in [2.24, 2.45) is 0 Å². The van der Waals surface area contributed by atoms with Gasteiger partial charge in [-0.05, 0) is 42.0 Å². The van der Waals surface area contributed by atoms with Crippen LogP contribution in [0.1, 0.15) is 11.1 Å². The Bertz CT molecular complexity index is 1110. The summed E-state index contributed by atoms with van der Waals surface area (Å²) < 4.78 is 16.3. The van der Waals surface area contributed by atoms with Crippen molar-refractivity contribution in [2.75, 3.05) is 0 Å². The molecule has 0 spiro atoms. The van der Waals surface area contributed by atoms with E-state index in [1.807, 2.05) is 41.2 Å². The van der Waals surface area contributed by atoms with Crippen LogP contribution in [0.2, 0.25) is 0 Å². The molecule has 0 unspecified atom stereocenters. The Morgan fingerprint density at radius 3 is 2.42 bits per heavy atom. The fraction of sp³-hybridized carbons (Fsp3) is 0.100. The van der Waals surface area contributed by atoms with E-state index in [9.17, 15) is 9.18 Å². The molecule has 0 radical (unpaired) electrons. The van der Waals surface area contributed by atoms with E-state index >= 15 is 0 Å². The van der Waals surface area contributed by atoms with Crippen LogP contribution in [0.25, 0.3) is 10.9 Å². The molecule has 4 aromatic rings. The van der Waals surface area contributed by atoms with Crippen molar-refractivity contribution >= 4 is 10.9 Å². The molecule has 0 saturated heterocycles. The van der Waals surface area contributed by atoms with Crippen LogP contribution in [0.5, 0.6) is 0 Å². The standard InChI is InChI=1S/C20H16FN4O/c21-17-7-5-15(6-8-17)13-24-11-9-16(10-12-24)14-25-20(26)18-3-1-2-4-19(18)22-23-25/h1-12H,13-14H2/q+1. The number of nitrogens with zero attached hydrogens (tertiary/aromatic N) is 4. The largest absolute Gasteiger partial charge is 0.277 e. The number of rotatable bonds is 4. The van der Waals surface area contributed by atoms with Gasteiger partial charge in [-0.2, -0.15) is 0 Å². The summed E-state index contributed by atoms with van der Waals surface area (Å²) in [5, 5.41) is 8.67. The summed E-state index contributed by atoms with van der Waals surface area (Å²) in [4.78, 5) is 12.5. The van der Waals surface area contributed by atoms with Gasteiger partial charge in [-0.15, -0.1) is 5.10 Å². The first-order valence-electron chi connectivity index (χ1n) is 8.24.